The summed E-state index contributed by atoms with van der Waals surface area (Å²) in [6, 6.07) is 6.79. The summed E-state index contributed by atoms with van der Waals surface area (Å²) in [6.07, 6.45) is 0.865. The van der Waals surface area contributed by atoms with Gasteiger partial charge in [0.15, 0.2) is 4.90 Å². The number of aromatic nitrogens is 2. The van der Waals surface area contributed by atoms with E-state index >= 15 is 0 Å². The van der Waals surface area contributed by atoms with Gasteiger partial charge in [-0.3, -0.25) is 14.5 Å². The van der Waals surface area contributed by atoms with Crippen LogP contribution in [0.1, 0.15) is 5.56 Å². The predicted molar refractivity (Wildman–Crippen MR) is 77.7 cm³/mol. The summed E-state index contributed by atoms with van der Waals surface area (Å²) in [7, 11) is -2.36. The fraction of sp³-hybridized carbons (Fsp3) is 0.167. The van der Waals surface area contributed by atoms with E-state index in [9.17, 15) is 18.0 Å². The summed E-state index contributed by atoms with van der Waals surface area (Å²) in [4.78, 5) is 26.0. The van der Waals surface area contributed by atoms with Crippen molar-refractivity contribution in [3.8, 4) is 0 Å². The van der Waals surface area contributed by atoms with Gasteiger partial charge in [0.1, 0.15) is 0 Å². The fourth-order valence-corrected chi connectivity index (χ4v) is 2.87. The Balaban J connectivity index is 2.42. The topological polar surface area (TPSA) is 124 Å². The quantitative estimate of drug-likeness (QED) is 0.597. The lowest BCUT2D eigenvalue weighted by Gasteiger charge is -2.11. The average Bonchev–Trinajstić information content (AvgIpc) is 2.40. The molecule has 4 N–H and O–H groups in total. The predicted octanol–water partition coefficient (Wildman–Crippen LogP) is -0.417. The SMILES string of the molecule is CNCc1ccccc1NS(=O)(=O)c1c[nH]c(=O)[nH]c1=O. The summed E-state index contributed by atoms with van der Waals surface area (Å²) in [5.74, 6) is 0. The average molecular weight is 310 g/mol. The Kier molecular flexibility index (Phi) is 4.24. The third-order valence-electron chi connectivity index (χ3n) is 2.70. The van der Waals surface area contributed by atoms with Crippen LogP contribution in [-0.2, 0) is 16.6 Å². The molecule has 0 bridgehead atoms. The lowest BCUT2D eigenvalue weighted by atomic mass is 10.2. The van der Waals surface area contributed by atoms with Crippen molar-refractivity contribution in [3.63, 3.8) is 0 Å². The number of sulfonamides is 1. The minimum Gasteiger partial charge on any atom is -0.316 e. The van der Waals surface area contributed by atoms with Crippen LogP contribution in [0.15, 0.2) is 44.9 Å². The molecule has 0 aliphatic carbocycles. The van der Waals surface area contributed by atoms with Crippen LogP contribution in [0, 0.1) is 0 Å². The highest BCUT2D eigenvalue weighted by atomic mass is 32.2. The Bertz CT molecular complexity index is 854. The first-order chi connectivity index (χ1) is 9.94. The van der Waals surface area contributed by atoms with Crippen LogP contribution in [0.5, 0.6) is 0 Å². The highest BCUT2D eigenvalue weighted by Gasteiger charge is 2.19. The Labute approximate surface area is 120 Å². The normalized spacial score (nSPS) is 11.3. The van der Waals surface area contributed by atoms with Crippen LogP contribution in [0.4, 0.5) is 5.69 Å². The minimum atomic E-state index is -4.09. The molecule has 0 aliphatic rings. The van der Waals surface area contributed by atoms with Gasteiger partial charge in [-0.15, -0.1) is 0 Å². The minimum absolute atomic E-state index is 0.359. The third kappa shape index (κ3) is 3.38. The van der Waals surface area contributed by atoms with Crippen LogP contribution in [0.2, 0.25) is 0 Å². The number of nitrogens with one attached hydrogen (secondary N) is 4. The summed E-state index contributed by atoms with van der Waals surface area (Å²) < 4.78 is 26.8. The van der Waals surface area contributed by atoms with Crippen LogP contribution in [-0.4, -0.2) is 25.4 Å². The highest BCUT2D eigenvalue weighted by molar-refractivity contribution is 7.92. The lowest BCUT2D eigenvalue weighted by Crippen LogP contribution is -2.29. The van der Waals surface area contributed by atoms with Crippen molar-refractivity contribution < 1.29 is 8.42 Å². The molecule has 9 heteroatoms. The number of rotatable bonds is 5. The van der Waals surface area contributed by atoms with Crippen LogP contribution >= 0.6 is 0 Å². The number of aromatic amines is 2. The van der Waals surface area contributed by atoms with Crippen molar-refractivity contribution >= 4 is 15.7 Å². The van der Waals surface area contributed by atoms with E-state index in [0.717, 1.165) is 11.8 Å². The first-order valence-corrected chi connectivity index (χ1v) is 7.49. The summed E-state index contributed by atoms with van der Waals surface area (Å²) in [6.45, 7) is 0.459. The Hall–Kier alpha value is -2.39. The third-order valence-corrected chi connectivity index (χ3v) is 4.07. The van der Waals surface area contributed by atoms with Crippen molar-refractivity contribution in [3.05, 3.63) is 56.9 Å². The molecule has 0 saturated heterocycles. The molecule has 0 aliphatic heterocycles. The maximum Gasteiger partial charge on any atom is 0.325 e. The van der Waals surface area contributed by atoms with E-state index in [4.69, 9.17) is 0 Å². The standard InChI is InChI=1S/C12H14N4O4S/c1-13-6-8-4-2-3-5-9(8)16-21(19,20)10-7-14-12(18)15-11(10)17/h2-5,7,13,16H,6H2,1H3,(H2,14,15,17,18). The molecule has 0 atom stereocenters. The molecular formula is C12H14N4O4S. The van der Waals surface area contributed by atoms with E-state index in [1.165, 1.54) is 0 Å². The molecule has 0 radical (unpaired) electrons. The molecule has 2 rings (SSSR count). The molecule has 8 nitrogen and oxygen atoms in total. The molecular weight excluding hydrogens is 296 g/mol. The van der Waals surface area contributed by atoms with Gasteiger partial charge >= 0.3 is 5.69 Å². The second kappa shape index (κ2) is 5.94. The maximum absolute atomic E-state index is 12.2. The van der Waals surface area contributed by atoms with Crippen molar-refractivity contribution in [1.82, 2.24) is 15.3 Å². The van der Waals surface area contributed by atoms with E-state index in [-0.39, 0.29) is 0 Å². The molecule has 1 aromatic carbocycles. The Morgan fingerprint density at radius 2 is 1.90 bits per heavy atom. The van der Waals surface area contributed by atoms with E-state index in [0.29, 0.717) is 12.2 Å². The van der Waals surface area contributed by atoms with Gasteiger partial charge in [-0.1, -0.05) is 18.2 Å². The van der Waals surface area contributed by atoms with E-state index in [1.54, 1.807) is 31.3 Å². The molecule has 0 spiro atoms. The summed E-state index contributed by atoms with van der Waals surface area (Å²) in [5.41, 5.74) is -0.659. The molecule has 1 aromatic heterocycles. The monoisotopic (exact) mass is 310 g/mol. The van der Waals surface area contributed by atoms with Gasteiger partial charge in [-0.05, 0) is 18.7 Å². The van der Waals surface area contributed by atoms with Crippen molar-refractivity contribution in [2.24, 2.45) is 0 Å². The molecule has 0 unspecified atom stereocenters. The van der Waals surface area contributed by atoms with Crippen LogP contribution in [0.25, 0.3) is 0 Å². The van der Waals surface area contributed by atoms with E-state index < -0.39 is 26.2 Å². The zero-order chi connectivity index (χ0) is 15.5. The molecule has 1 heterocycles. The van der Waals surface area contributed by atoms with Crippen LogP contribution < -0.4 is 21.3 Å². The lowest BCUT2D eigenvalue weighted by molar-refractivity contribution is 0.599. The zero-order valence-electron chi connectivity index (χ0n) is 11.1. The summed E-state index contributed by atoms with van der Waals surface area (Å²) >= 11 is 0. The van der Waals surface area contributed by atoms with E-state index in [2.05, 4.69) is 15.0 Å². The Morgan fingerprint density at radius 1 is 1.19 bits per heavy atom. The second-order valence-corrected chi connectivity index (χ2v) is 5.88. The first kappa shape index (κ1) is 15.0. The second-order valence-electron chi connectivity index (χ2n) is 4.23. The Morgan fingerprint density at radius 3 is 2.57 bits per heavy atom. The van der Waals surface area contributed by atoms with Gasteiger partial charge in [-0.25, -0.2) is 13.2 Å². The molecule has 2 aromatic rings. The van der Waals surface area contributed by atoms with Gasteiger partial charge in [-0.2, -0.15) is 0 Å². The first-order valence-electron chi connectivity index (χ1n) is 6.01. The number of anilines is 1. The zero-order valence-corrected chi connectivity index (χ0v) is 12.0. The smallest absolute Gasteiger partial charge is 0.316 e. The van der Waals surface area contributed by atoms with Crippen molar-refractivity contribution in [1.29, 1.82) is 0 Å². The van der Waals surface area contributed by atoms with Crippen molar-refractivity contribution in [2.45, 2.75) is 11.4 Å². The molecule has 0 saturated carbocycles. The number of hydrogen-bond donors (Lipinski definition) is 4. The number of hydrogen-bond acceptors (Lipinski definition) is 5. The largest absolute Gasteiger partial charge is 0.325 e. The van der Waals surface area contributed by atoms with Gasteiger partial charge in [0, 0.05) is 12.7 Å². The van der Waals surface area contributed by atoms with Crippen LogP contribution in [0.3, 0.4) is 0 Å². The fourth-order valence-electron chi connectivity index (χ4n) is 1.76. The van der Waals surface area contributed by atoms with E-state index in [1.807, 2.05) is 4.98 Å². The molecule has 0 amide bonds. The van der Waals surface area contributed by atoms with Gasteiger partial charge < -0.3 is 10.3 Å². The molecule has 21 heavy (non-hydrogen) atoms. The molecule has 112 valence electrons. The molecule has 0 fully saturated rings. The van der Waals surface area contributed by atoms with Crippen molar-refractivity contribution in [2.75, 3.05) is 11.8 Å². The maximum atomic E-state index is 12.2. The number of H-pyrrole nitrogens is 2. The number of para-hydroxylation sites is 1. The van der Waals surface area contributed by atoms with Gasteiger partial charge in [0.25, 0.3) is 15.6 Å². The van der Waals surface area contributed by atoms with Gasteiger partial charge in [0.05, 0.1) is 5.69 Å². The number of benzene rings is 1. The summed E-state index contributed by atoms with van der Waals surface area (Å²) in [5, 5.41) is 2.92. The van der Waals surface area contributed by atoms with Gasteiger partial charge in [0.2, 0.25) is 0 Å². The highest BCUT2D eigenvalue weighted by Crippen LogP contribution is 2.18.